The van der Waals surface area contributed by atoms with E-state index in [4.69, 9.17) is 16.0 Å². The second kappa shape index (κ2) is 6.32. The van der Waals surface area contributed by atoms with Crippen LogP contribution in [0.4, 0.5) is 0 Å². The highest BCUT2D eigenvalue weighted by Gasteiger charge is 2.40. The molecule has 0 aliphatic heterocycles. The summed E-state index contributed by atoms with van der Waals surface area (Å²) in [4.78, 5) is 23.8. The first-order valence-electron chi connectivity index (χ1n) is 7.90. The van der Waals surface area contributed by atoms with Gasteiger partial charge in [0.2, 0.25) is 0 Å². The molecule has 1 aromatic carbocycles. The zero-order valence-electron chi connectivity index (χ0n) is 13.3. The van der Waals surface area contributed by atoms with Gasteiger partial charge in [0, 0.05) is 17.5 Å². The average molecular weight is 348 g/mol. The van der Waals surface area contributed by atoms with Gasteiger partial charge in [0.25, 0.3) is 5.91 Å². The molecule has 6 heteroatoms. The van der Waals surface area contributed by atoms with Crippen LogP contribution in [0.25, 0.3) is 0 Å². The number of hydrogen-bond donors (Lipinski definition) is 2. The summed E-state index contributed by atoms with van der Waals surface area (Å²) in [5, 5.41) is 12.8. The number of halogens is 1. The Bertz CT molecular complexity index is 775. The number of carboxylic acids is 1. The summed E-state index contributed by atoms with van der Waals surface area (Å²) in [6, 6.07) is 8.71. The molecule has 0 atom stereocenters. The van der Waals surface area contributed by atoms with E-state index >= 15 is 0 Å². The molecule has 3 rings (SSSR count). The molecule has 0 spiro atoms. The van der Waals surface area contributed by atoms with E-state index in [2.05, 4.69) is 5.32 Å². The van der Waals surface area contributed by atoms with Gasteiger partial charge in [0.05, 0.1) is 5.54 Å². The Morgan fingerprint density at radius 2 is 1.96 bits per heavy atom. The molecule has 2 aromatic rings. The topological polar surface area (TPSA) is 79.5 Å². The summed E-state index contributed by atoms with van der Waals surface area (Å²) in [6.07, 6.45) is 3.08. The number of hydrogen-bond acceptors (Lipinski definition) is 3. The standard InChI is InChI=1S/C18H18ClNO4/c1-2-14-13(17(22)23)10-15(24-14)16(21)20-18(8-3-9-18)11-4-6-12(19)7-5-11/h4-7,10H,2-3,8-9H2,1H3,(H,20,21)(H,22,23). The van der Waals surface area contributed by atoms with Gasteiger partial charge in [-0.25, -0.2) is 4.79 Å². The quantitative estimate of drug-likeness (QED) is 0.856. The number of aromatic carboxylic acids is 1. The number of carbonyl (C=O) groups excluding carboxylic acids is 1. The van der Waals surface area contributed by atoms with E-state index in [0.29, 0.717) is 17.2 Å². The van der Waals surface area contributed by atoms with Crippen LogP contribution in [-0.2, 0) is 12.0 Å². The minimum atomic E-state index is -1.09. The molecule has 126 valence electrons. The Balaban J connectivity index is 1.85. The Morgan fingerprint density at radius 1 is 1.29 bits per heavy atom. The zero-order chi connectivity index (χ0) is 17.3. The molecule has 0 bridgehead atoms. The van der Waals surface area contributed by atoms with Crippen LogP contribution in [-0.4, -0.2) is 17.0 Å². The molecular formula is C18H18ClNO4. The maximum atomic E-state index is 12.6. The van der Waals surface area contributed by atoms with Crippen molar-refractivity contribution in [1.29, 1.82) is 0 Å². The molecule has 1 amide bonds. The predicted molar refractivity (Wildman–Crippen MR) is 89.5 cm³/mol. The highest BCUT2D eigenvalue weighted by atomic mass is 35.5. The van der Waals surface area contributed by atoms with Gasteiger partial charge in [0.15, 0.2) is 5.76 Å². The van der Waals surface area contributed by atoms with Crippen molar-refractivity contribution in [3.05, 3.63) is 58.0 Å². The lowest BCUT2D eigenvalue weighted by molar-refractivity contribution is 0.0693. The first-order chi connectivity index (χ1) is 11.4. The van der Waals surface area contributed by atoms with Gasteiger partial charge in [-0.2, -0.15) is 0 Å². The number of nitrogens with one attached hydrogen (secondary N) is 1. The van der Waals surface area contributed by atoms with Crippen LogP contribution < -0.4 is 5.32 Å². The number of aryl methyl sites for hydroxylation is 1. The Labute approximate surface area is 144 Å². The summed E-state index contributed by atoms with van der Waals surface area (Å²) < 4.78 is 5.44. The third-order valence-corrected chi connectivity index (χ3v) is 4.79. The highest BCUT2D eigenvalue weighted by molar-refractivity contribution is 6.30. The molecule has 0 saturated heterocycles. The molecule has 0 unspecified atom stereocenters. The van der Waals surface area contributed by atoms with Gasteiger partial charge >= 0.3 is 5.97 Å². The Kier molecular flexibility index (Phi) is 4.37. The van der Waals surface area contributed by atoms with Crippen LogP contribution in [0.1, 0.15) is 58.4 Å². The molecule has 2 N–H and O–H groups in total. The molecule has 1 aromatic heterocycles. The fourth-order valence-electron chi connectivity index (χ4n) is 3.05. The van der Waals surface area contributed by atoms with Gasteiger partial charge in [0.1, 0.15) is 11.3 Å². The number of amides is 1. The van der Waals surface area contributed by atoms with E-state index in [0.717, 1.165) is 24.8 Å². The van der Waals surface area contributed by atoms with Gasteiger partial charge in [-0.3, -0.25) is 4.79 Å². The summed E-state index contributed by atoms with van der Waals surface area (Å²) in [6.45, 7) is 1.79. The number of carbonyl (C=O) groups is 2. The average Bonchev–Trinajstić information content (AvgIpc) is 2.96. The third kappa shape index (κ3) is 2.91. The van der Waals surface area contributed by atoms with E-state index in [9.17, 15) is 14.7 Å². The summed E-state index contributed by atoms with van der Waals surface area (Å²) in [5.41, 5.74) is 0.591. The number of furan rings is 1. The van der Waals surface area contributed by atoms with E-state index in [1.54, 1.807) is 19.1 Å². The van der Waals surface area contributed by atoms with Crippen molar-refractivity contribution in [2.45, 2.75) is 38.1 Å². The van der Waals surface area contributed by atoms with Crippen LogP contribution in [0.2, 0.25) is 5.02 Å². The lowest BCUT2D eigenvalue weighted by Gasteiger charge is -2.43. The number of carboxylic acid groups (broad SMARTS) is 1. The molecular weight excluding hydrogens is 330 g/mol. The molecule has 1 heterocycles. The van der Waals surface area contributed by atoms with Crippen molar-refractivity contribution in [3.63, 3.8) is 0 Å². The van der Waals surface area contributed by atoms with Crippen LogP contribution in [0.3, 0.4) is 0 Å². The first kappa shape index (κ1) is 16.6. The third-order valence-electron chi connectivity index (χ3n) is 4.54. The number of benzene rings is 1. The highest BCUT2D eigenvalue weighted by Crippen LogP contribution is 2.41. The largest absolute Gasteiger partial charge is 0.478 e. The van der Waals surface area contributed by atoms with Gasteiger partial charge in [-0.05, 0) is 37.0 Å². The normalized spacial score (nSPS) is 15.6. The Morgan fingerprint density at radius 3 is 2.42 bits per heavy atom. The fourth-order valence-corrected chi connectivity index (χ4v) is 3.17. The van der Waals surface area contributed by atoms with E-state index in [-0.39, 0.29) is 11.3 Å². The van der Waals surface area contributed by atoms with Crippen LogP contribution in [0.5, 0.6) is 0 Å². The molecule has 1 aliphatic carbocycles. The van der Waals surface area contributed by atoms with Crippen LogP contribution >= 0.6 is 11.6 Å². The van der Waals surface area contributed by atoms with Gasteiger partial charge in [-0.1, -0.05) is 30.7 Å². The Hall–Kier alpha value is -2.27. The molecule has 1 aliphatic rings. The summed E-state index contributed by atoms with van der Waals surface area (Å²) >= 11 is 5.93. The van der Waals surface area contributed by atoms with Crippen molar-refractivity contribution in [2.75, 3.05) is 0 Å². The zero-order valence-corrected chi connectivity index (χ0v) is 14.0. The van der Waals surface area contributed by atoms with Crippen molar-refractivity contribution in [2.24, 2.45) is 0 Å². The molecule has 1 saturated carbocycles. The van der Waals surface area contributed by atoms with E-state index in [1.165, 1.54) is 6.07 Å². The number of rotatable bonds is 5. The summed E-state index contributed by atoms with van der Waals surface area (Å²) in [7, 11) is 0. The SMILES string of the molecule is CCc1oc(C(=O)NC2(c3ccc(Cl)cc3)CCC2)cc1C(=O)O. The second-order valence-corrected chi connectivity index (χ2v) is 6.44. The predicted octanol–water partition coefficient (Wildman–Crippen LogP) is 4.00. The van der Waals surface area contributed by atoms with Crippen LogP contribution in [0.15, 0.2) is 34.7 Å². The molecule has 24 heavy (non-hydrogen) atoms. The minimum absolute atomic E-state index is 0.0319. The lowest BCUT2D eigenvalue weighted by Crippen LogP contribution is -2.50. The lowest BCUT2D eigenvalue weighted by atomic mass is 9.71. The van der Waals surface area contributed by atoms with E-state index < -0.39 is 17.4 Å². The monoisotopic (exact) mass is 347 g/mol. The molecule has 1 fully saturated rings. The van der Waals surface area contributed by atoms with E-state index in [1.807, 2.05) is 12.1 Å². The minimum Gasteiger partial charge on any atom is -0.478 e. The van der Waals surface area contributed by atoms with Gasteiger partial charge in [-0.15, -0.1) is 0 Å². The maximum Gasteiger partial charge on any atom is 0.339 e. The maximum absolute atomic E-state index is 12.6. The van der Waals surface area contributed by atoms with Crippen molar-refractivity contribution in [1.82, 2.24) is 5.32 Å². The first-order valence-corrected chi connectivity index (χ1v) is 8.27. The van der Waals surface area contributed by atoms with Crippen LogP contribution in [0, 0.1) is 0 Å². The van der Waals surface area contributed by atoms with Crippen molar-refractivity contribution in [3.8, 4) is 0 Å². The van der Waals surface area contributed by atoms with Gasteiger partial charge < -0.3 is 14.8 Å². The second-order valence-electron chi connectivity index (χ2n) is 6.00. The van der Waals surface area contributed by atoms with Crippen molar-refractivity contribution >= 4 is 23.5 Å². The van der Waals surface area contributed by atoms with Crippen molar-refractivity contribution < 1.29 is 19.1 Å². The molecule has 5 nitrogen and oxygen atoms in total. The fraction of sp³-hybridized carbons (Fsp3) is 0.333. The molecule has 0 radical (unpaired) electrons. The smallest absolute Gasteiger partial charge is 0.339 e. The summed E-state index contributed by atoms with van der Waals surface area (Å²) in [5.74, 6) is -1.15.